The zero-order valence-electron chi connectivity index (χ0n) is 10.3. The molecule has 0 spiro atoms. The number of likely N-dealkylation sites (N-methyl/N-ethyl adjacent to an activating group) is 2. The summed E-state index contributed by atoms with van der Waals surface area (Å²) < 4.78 is 5.04. The lowest BCUT2D eigenvalue weighted by Crippen LogP contribution is -2.60. The summed E-state index contributed by atoms with van der Waals surface area (Å²) in [6.45, 7) is 3.82. The molecule has 0 aromatic carbocycles. The summed E-state index contributed by atoms with van der Waals surface area (Å²) in [7, 11) is 5.61. The van der Waals surface area contributed by atoms with Gasteiger partial charge in [0.05, 0.1) is 0 Å². The Morgan fingerprint density at radius 3 is 2.20 bits per heavy atom. The first kappa shape index (κ1) is 14.3. The van der Waals surface area contributed by atoms with Crippen LogP contribution in [0.15, 0.2) is 0 Å². The Kier molecular flexibility index (Phi) is 6.47. The van der Waals surface area contributed by atoms with Gasteiger partial charge in [0, 0.05) is 13.0 Å². The van der Waals surface area contributed by atoms with Crippen molar-refractivity contribution in [2.45, 2.75) is 32.0 Å². The van der Waals surface area contributed by atoms with Crippen LogP contribution in [0.1, 0.15) is 20.3 Å². The van der Waals surface area contributed by atoms with Gasteiger partial charge in [-0.2, -0.15) is 0 Å². The van der Waals surface area contributed by atoms with Crippen LogP contribution in [0.2, 0.25) is 0 Å². The molecule has 0 bridgehead atoms. The van der Waals surface area contributed by atoms with E-state index in [1.54, 1.807) is 0 Å². The minimum atomic E-state index is -0.367. The maximum atomic E-state index is 10.8. The topological polar surface area (TPSA) is 62.4 Å². The zero-order chi connectivity index (χ0) is 11.9. The van der Waals surface area contributed by atoms with Crippen LogP contribution in [0.5, 0.6) is 0 Å². The number of nitrogens with one attached hydrogen (secondary N) is 3. The molecule has 0 rings (SSSR count). The van der Waals surface area contributed by atoms with E-state index in [2.05, 4.69) is 22.9 Å². The lowest BCUT2D eigenvalue weighted by molar-refractivity contribution is -0.143. The minimum absolute atomic E-state index is 0.262. The monoisotopic (exact) mass is 217 g/mol. The molecular weight excluding hydrogens is 194 g/mol. The summed E-state index contributed by atoms with van der Waals surface area (Å²) in [4.78, 5) is 10.8. The van der Waals surface area contributed by atoms with Crippen molar-refractivity contribution in [3.05, 3.63) is 0 Å². The van der Waals surface area contributed by atoms with Gasteiger partial charge in [-0.3, -0.25) is 15.4 Å². The van der Waals surface area contributed by atoms with Gasteiger partial charge in [-0.25, -0.2) is 0 Å². The molecule has 0 aromatic heterocycles. The Balaban J connectivity index is 4.35. The third-order valence-electron chi connectivity index (χ3n) is 2.63. The summed E-state index contributed by atoms with van der Waals surface area (Å²) in [5, 5.41) is 9.47. The molecule has 90 valence electrons. The molecule has 0 saturated carbocycles. The van der Waals surface area contributed by atoms with Gasteiger partial charge in [-0.1, -0.05) is 0 Å². The Hall–Kier alpha value is -0.650. The highest BCUT2D eigenvalue weighted by molar-refractivity contribution is 5.65. The fourth-order valence-corrected chi connectivity index (χ4v) is 1.38. The van der Waals surface area contributed by atoms with Gasteiger partial charge >= 0.3 is 5.97 Å². The molecule has 0 heterocycles. The first-order chi connectivity index (χ1) is 6.99. The summed E-state index contributed by atoms with van der Waals surface area (Å²) >= 11 is 0. The van der Waals surface area contributed by atoms with Gasteiger partial charge in [0.2, 0.25) is 0 Å². The number of rotatable bonds is 7. The molecule has 5 heteroatoms. The maximum Gasteiger partial charge on any atom is 0.302 e. The SMILES string of the molecule is CNC(C)CC(COC(C)=O)(NC)NC. The number of hydrogen-bond acceptors (Lipinski definition) is 5. The lowest BCUT2D eigenvalue weighted by atomic mass is 10.0. The van der Waals surface area contributed by atoms with Crippen LogP contribution in [-0.2, 0) is 9.53 Å². The number of carbonyl (C=O) groups excluding carboxylic acids is 1. The largest absolute Gasteiger partial charge is 0.462 e. The van der Waals surface area contributed by atoms with E-state index >= 15 is 0 Å². The van der Waals surface area contributed by atoms with Crippen LogP contribution in [-0.4, -0.2) is 45.4 Å². The zero-order valence-corrected chi connectivity index (χ0v) is 10.3. The molecular formula is C10H23N3O2. The van der Waals surface area contributed by atoms with Crippen molar-refractivity contribution < 1.29 is 9.53 Å². The molecule has 0 aliphatic rings. The van der Waals surface area contributed by atoms with Crippen LogP contribution in [0.3, 0.4) is 0 Å². The predicted molar refractivity (Wildman–Crippen MR) is 60.6 cm³/mol. The molecule has 5 nitrogen and oxygen atoms in total. The van der Waals surface area contributed by atoms with Crippen LogP contribution in [0, 0.1) is 0 Å². The third-order valence-corrected chi connectivity index (χ3v) is 2.63. The summed E-state index contributed by atoms with van der Waals surface area (Å²) in [5.41, 5.74) is -0.367. The highest BCUT2D eigenvalue weighted by atomic mass is 16.5. The lowest BCUT2D eigenvalue weighted by Gasteiger charge is -2.34. The Morgan fingerprint density at radius 1 is 1.33 bits per heavy atom. The van der Waals surface area contributed by atoms with Crippen LogP contribution in [0.25, 0.3) is 0 Å². The van der Waals surface area contributed by atoms with Gasteiger partial charge in [0.25, 0.3) is 0 Å². The Labute approximate surface area is 91.9 Å². The second-order valence-electron chi connectivity index (χ2n) is 3.76. The highest BCUT2D eigenvalue weighted by Crippen LogP contribution is 2.09. The highest BCUT2D eigenvalue weighted by Gasteiger charge is 2.29. The van der Waals surface area contributed by atoms with E-state index in [0.29, 0.717) is 12.6 Å². The maximum absolute atomic E-state index is 10.8. The molecule has 0 amide bonds. The molecule has 1 atom stereocenters. The normalized spacial score (nSPS) is 13.7. The van der Waals surface area contributed by atoms with Crippen molar-refractivity contribution in [2.24, 2.45) is 0 Å². The number of esters is 1. The Bertz CT molecular complexity index is 193. The van der Waals surface area contributed by atoms with Crippen LogP contribution < -0.4 is 16.0 Å². The first-order valence-electron chi connectivity index (χ1n) is 5.18. The molecule has 0 aliphatic heterocycles. The van der Waals surface area contributed by atoms with E-state index in [0.717, 1.165) is 6.42 Å². The van der Waals surface area contributed by atoms with E-state index < -0.39 is 0 Å². The molecule has 0 aromatic rings. The van der Waals surface area contributed by atoms with Crippen molar-refractivity contribution in [3.63, 3.8) is 0 Å². The van der Waals surface area contributed by atoms with E-state index in [1.165, 1.54) is 6.92 Å². The summed E-state index contributed by atoms with van der Waals surface area (Å²) in [5.74, 6) is -0.262. The molecule has 15 heavy (non-hydrogen) atoms. The van der Waals surface area contributed by atoms with Gasteiger partial charge in [0.15, 0.2) is 0 Å². The van der Waals surface area contributed by atoms with E-state index in [9.17, 15) is 4.79 Å². The van der Waals surface area contributed by atoms with E-state index in [1.807, 2.05) is 21.1 Å². The van der Waals surface area contributed by atoms with Crippen molar-refractivity contribution in [1.29, 1.82) is 0 Å². The number of ether oxygens (including phenoxy) is 1. The number of hydrogen-bond donors (Lipinski definition) is 3. The molecule has 1 unspecified atom stereocenters. The fourth-order valence-electron chi connectivity index (χ4n) is 1.38. The van der Waals surface area contributed by atoms with Gasteiger partial charge in [0.1, 0.15) is 12.3 Å². The van der Waals surface area contributed by atoms with Gasteiger partial charge in [-0.15, -0.1) is 0 Å². The van der Waals surface area contributed by atoms with Gasteiger partial charge in [-0.05, 0) is 34.5 Å². The predicted octanol–water partition coefficient (Wildman–Crippen LogP) is -0.317. The quantitative estimate of drug-likeness (QED) is 0.403. The van der Waals surface area contributed by atoms with E-state index in [-0.39, 0.29) is 11.6 Å². The number of carbonyl (C=O) groups is 1. The second-order valence-corrected chi connectivity index (χ2v) is 3.76. The molecule has 0 radical (unpaired) electrons. The fraction of sp³-hybridized carbons (Fsp3) is 0.900. The molecule has 3 N–H and O–H groups in total. The van der Waals surface area contributed by atoms with Crippen molar-refractivity contribution in [2.75, 3.05) is 27.7 Å². The summed E-state index contributed by atoms with van der Waals surface area (Å²) in [6, 6.07) is 0.334. The minimum Gasteiger partial charge on any atom is -0.462 e. The van der Waals surface area contributed by atoms with Crippen LogP contribution >= 0.6 is 0 Å². The smallest absolute Gasteiger partial charge is 0.302 e. The average molecular weight is 217 g/mol. The molecule has 0 fully saturated rings. The summed E-state index contributed by atoms with van der Waals surface area (Å²) in [6.07, 6.45) is 0.823. The third kappa shape index (κ3) is 5.11. The van der Waals surface area contributed by atoms with Crippen molar-refractivity contribution in [1.82, 2.24) is 16.0 Å². The van der Waals surface area contributed by atoms with Crippen molar-refractivity contribution >= 4 is 5.97 Å². The van der Waals surface area contributed by atoms with E-state index in [4.69, 9.17) is 4.74 Å². The first-order valence-corrected chi connectivity index (χ1v) is 5.18. The standard InChI is InChI=1S/C10H23N3O2/c1-8(11-3)6-10(12-4,13-5)7-15-9(2)14/h8,11-13H,6-7H2,1-5H3. The molecule has 0 saturated heterocycles. The molecule has 0 aliphatic carbocycles. The van der Waals surface area contributed by atoms with Crippen LogP contribution in [0.4, 0.5) is 0 Å². The second kappa shape index (κ2) is 6.76. The van der Waals surface area contributed by atoms with Crippen molar-refractivity contribution in [3.8, 4) is 0 Å². The van der Waals surface area contributed by atoms with Gasteiger partial charge < -0.3 is 10.1 Å². The Morgan fingerprint density at radius 2 is 1.87 bits per heavy atom. The average Bonchev–Trinajstić information content (AvgIpc) is 2.24.